The lowest BCUT2D eigenvalue weighted by Crippen LogP contribution is -2.49. The Balaban J connectivity index is 1.89. The van der Waals surface area contributed by atoms with Crippen LogP contribution in [0.3, 0.4) is 0 Å². The van der Waals surface area contributed by atoms with Gasteiger partial charge in [-0.3, -0.25) is 4.79 Å². The van der Waals surface area contributed by atoms with Crippen LogP contribution in [0.15, 0.2) is 12.3 Å². The molecule has 82 valence electrons. The molecular formula is C13H18O2. The summed E-state index contributed by atoms with van der Waals surface area (Å²) in [5, 5.41) is 8.74. The molecular weight excluding hydrogens is 188 g/mol. The summed E-state index contributed by atoms with van der Waals surface area (Å²) in [5.41, 5.74) is -0.0754. The summed E-state index contributed by atoms with van der Waals surface area (Å²) < 4.78 is 0. The summed E-state index contributed by atoms with van der Waals surface area (Å²) in [5.74, 6) is 2.58. The maximum atomic E-state index is 12.0. The number of rotatable bonds is 2. The molecule has 0 unspecified atom stereocenters. The predicted octanol–water partition coefficient (Wildman–Crippen LogP) is 2.84. The molecule has 0 atom stereocenters. The van der Waals surface area contributed by atoms with Gasteiger partial charge in [-0.1, -0.05) is 0 Å². The monoisotopic (exact) mass is 206 g/mol. The number of carbonyl (C=O) groups excluding carboxylic acids is 1. The number of hydrogen-bond donors (Lipinski definition) is 1. The van der Waals surface area contributed by atoms with Crippen molar-refractivity contribution >= 4 is 5.78 Å². The normalized spacial score (nSPS) is 47.6. The highest BCUT2D eigenvalue weighted by Crippen LogP contribution is 2.60. The van der Waals surface area contributed by atoms with Crippen molar-refractivity contribution in [2.45, 2.75) is 38.5 Å². The van der Waals surface area contributed by atoms with Gasteiger partial charge in [0, 0.05) is 11.5 Å². The van der Waals surface area contributed by atoms with Crippen molar-refractivity contribution in [2.75, 3.05) is 0 Å². The number of carbonyl (C=O) groups is 1. The van der Waals surface area contributed by atoms with E-state index in [2.05, 4.69) is 0 Å². The fourth-order valence-electron chi connectivity index (χ4n) is 4.66. The highest BCUT2D eigenvalue weighted by Gasteiger charge is 2.53. The van der Waals surface area contributed by atoms with Crippen LogP contribution in [0.4, 0.5) is 0 Å². The summed E-state index contributed by atoms with van der Waals surface area (Å²) in [6, 6.07) is 0. The summed E-state index contributed by atoms with van der Waals surface area (Å²) >= 11 is 0. The van der Waals surface area contributed by atoms with Gasteiger partial charge in [-0.25, -0.2) is 0 Å². The molecule has 15 heavy (non-hydrogen) atoms. The number of aliphatic hydroxyl groups excluding tert-OH is 1. The molecule has 4 rings (SSSR count). The molecule has 0 saturated heterocycles. The molecule has 4 bridgehead atoms. The van der Waals surface area contributed by atoms with Crippen molar-refractivity contribution in [3.63, 3.8) is 0 Å². The van der Waals surface area contributed by atoms with E-state index in [1.807, 2.05) is 0 Å². The number of ketones is 1. The molecule has 4 saturated carbocycles. The summed E-state index contributed by atoms with van der Waals surface area (Å²) in [4.78, 5) is 12.0. The molecule has 0 aromatic heterocycles. The third-order valence-corrected chi connectivity index (χ3v) is 4.79. The lowest BCUT2D eigenvalue weighted by atomic mass is 9.48. The van der Waals surface area contributed by atoms with Gasteiger partial charge in [0.1, 0.15) is 0 Å². The van der Waals surface area contributed by atoms with Gasteiger partial charge in [0.25, 0.3) is 0 Å². The average Bonchev–Trinajstić information content (AvgIpc) is 2.15. The van der Waals surface area contributed by atoms with Gasteiger partial charge in [-0.2, -0.15) is 0 Å². The highest BCUT2D eigenvalue weighted by molar-refractivity contribution is 5.95. The van der Waals surface area contributed by atoms with Crippen LogP contribution in [0, 0.1) is 23.2 Å². The van der Waals surface area contributed by atoms with E-state index >= 15 is 0 Å². The van der Waals surface area contributed by atoms with Crippen molar-refractivity contribution in [2.24, 2.45) is 23.2 Å². The molecule has 4 aliphatic rings. The van der Waals surface area contributed by atoms with E-state index in [0.29, 0.717) is 0 Å². The van der Waals surface area contributed by atoms with Crippen LogP contribution in [0.2, 0.25) is 0 Å². The number of allylic oxidation sites excluding steroid dienone is 1. The first-order valence-corrected chi connectivity index (χ1v) is 6.07. The molecule has 0 spiro atoms. The minimum atomic E-state index is -0.0754. The summed E-state index contributed by atoms with van der Waals surface area (Å²) in [6.07, 6.45) is 9.63. The van der Waals surface area contributed by atoms with Crippen molar-refractivity contribution in [3.05, 3.63) is 12.3 Å². The molecule has 0 amide bonds. The van der Waals surface area contributed by atoms with Crippen LogP contribution in [-0.4, -0.2) is 10.9 Å². The molecule has 4 fully saturated rings. The van der Waals surface area contributed by atoms with Crippen LogP contribution >= 0.6 is 0 Å². The Morgan fingerprint density at radius 3 is 1.93 bits per heavy atom. The second-order valence-electron chi connectivity index (χ2n) is 5.88. The van der Waals surface area contributed by atoms with E-state index in [0.717, 1.165) is 43.3 Å². The summed E-state index contributed by atoms with van der Waals surface area (Å²) in [7, 11) is 0. The second-order valence-corrected chi connectivity index (χ2v) is 5.88. The Morgan fingerprint density at radius 1 is 1.07 bits per heavy atom. The zero-order chi connectivity index (χ0) is 10.5. The Hall–Kier alpha value is -0.790. The fraction of sp³-hybridized carbons (Fsp3) is 0.769. The maximum Gasteiger partial charge on any atom is 0.164 e. The number of aliphatic hydroxyl groups is 1. The fourth-order valence-corrected chi connectivity index (χ4v) is 4.66. The number of hydrogen-bond acceptors (Lipinski definition) is 2. The third-order valence-electron chi connectivity index (χ3n) is 4.79. The maximum absolute atomic E-state index is 12.0. The third kappa shape index (κ3) is 1.34. The van der Waals surface area contributed by atoms with Crippen LogP contribution in [0.1, 0.15) is 38.5 Å². The lowest BCUT2D eigenvalue weighted by Gasteiger charge is -2.55. The predicted molar refractivity (Wildman–Crippen MR) is 57.4 cm³/mol. The SMILES string of the molecule is O=C(/C=C/O)C12CC3CC(CC(C3)C1)C2. The molecule has 4 aliphatic carbocycles. The highest BCUT2D eigenvalue weighted by atomic mass is 16.2. The Kier molecular flexibility index (Phi) is 1.95. The van der Waals surface area contributed by atoms with Crippen LogP contribution in [-0.2, 0) is 4.79 Å². The van der Waals surface area contributed by atoms with Gasteiger partial charge >= 0.3 is 0 Å². The Bertz CT molecular complexity index is 281. The molecule has 2 heteroatoms. The Labute approximate surface area is 90.4 Å². The van der Waals surface area contributed by atoms with Crippen molar-refractivity contribution in [1.29, 1.82) is 0 Å². The van der Waals surface area contributed by atoms with Gasteiger partial charge in [0.05, 0.1) is 6.26 Å². The molecule has 0 aliphatic heterocycles. The van der Waals surface area contributed by atoms with E-state index < -0.39 is 0 Å². The molecule has 0 aromatic carbocycles. The van der Waals surface area contributed by atoms with E-state index in [1.165, 1.54) is 25.3 Å². The summed E-state index contributed by atoms with van der Waals surface area (Å²) in [6.45, 7) is 0. The van der Waals surface area contributed by atoms with Crippen molar-refractivity contribution < 1.29 is 9.90 Å². The minimum absolute atomic E-state index is 0.0754. The molecule has 2 nitrogen and oxygen atoms in total. The molecule has 1 N–H and O–H groups in total. The smallest absolute Gasteiger partial charge is 0.164 e. The minimum Gasteiger partial charge on any atom is -0.515 e. The standard InChI is InChI=1S/C13H18O2/c14-2-1-12(15)13-6-9-3-10(7-13)5-11(4-9)8-13/h1-2,9-11,14H,3-8H2/b2-1+. The zero-order valence-corrected chi connectivity index (χ0v) is 8.98. The van der Waals surface area contributed by atoms with Crippen molar-refractivity contribution in [3.8, 4) is 0 Å². The van der Waals surface area contributed by atoms with Gasteiger partial charge in [-0.15, -0.1) is 0 Å². The van der Waals surface area contributed by atoms with E-state index in [4.69, 9.17) is 5.11 Å². The van der Waals surface area contributed by atoms with Crippen molar-refractivity contribution in [1.82, 2.24) is 0 Å². The molecule has 0 heterocycles. The van der Waals surface area contributed by atoms with Gasteiger partial charge in [-0.05, 0) is 56.3 Å². The largest absolute Gasteiger partial charge is 0.515 e. The molecule has 0 radical (unpaired) electrons. The van der Waals surface area contributed by atoms with E-state index in [1.54, 1.807) is 0 Å². The topological polar surface area (TPSA) is 37.3 Å². The first-order chi connectivity index (χ1) is 7.22. The quantitative estimate of drug-likeness (QED) is 0.557. The van der Waals surface area contributed by atoms with Crippen LogP contribution < -0.4 is 0 Å². The first kappa shape index (κ1) is 9.44. The van der Waals surface area contributed by atoms with Gasteiger partial charge < -0.3 is 5.11 Å². The molecule has 0 aromatic rings. The van der Waals surface area contributed by atoms with Crippen LogP contribution in [0.25, 0.3) is 0 Å². The Morgan fingerprint density at radius 2 is 1.53 bits per heavy atom. The van der Waals surface area contributed by atoms with E-state index in [9.17, 15) is 4.79 Å². The average molecular weight is 206 g/mol. The van der Waals surface area contributed by atoms with Crippen LogP contribution in [0.5, 0.6) is 0 Å². The lowest BCUT2D eigenvalue weighted by molar-refractivity contribution is -0.138. The van der Waals surface area contributed by atoms with Gasteiger partial charge in [0.2, 0.25) is 0 Å². The second kappa shape index (κ2) is 3.10. The zero-order valence-electron chi connectivity index (χ0n) is 8.98. The van der Waals surface area contributed by atoms with Gasteiger partial charge in [0.15, 0.2) is 5.78 Å². The van der Waals surface area contributed by atoms with E-state index in [-0.39, 0.29) is 11.2 Å². The first-order valence-electron chi connectivity index (χ1n) is 6.07.